The number of rotatable bonds is 4. The molecule has 0 saturated carbocycles. The Morgan fingerprint density at radius 3 is 2.71 bits per heavy atom. The summed E-state index contributed by atoms with van der Waals surface area (Å²) >= 11 is 11.4. The van der Waals surface area contributed by atoms with Crippen molar-refractivity contribution in [1.29, 1.82) is 5.26 Å². The first-order chi connectivity index (χ1) is 10.1. The molecule has 0 atom stereocenters. The lowest BCUT2D eigenvalue weighted by molar-refractivity contribution is -0.118. The number of hydrogen-bond acceptors (Lipinski definition) is 5. The van der Waals surface area contributed by atoms with E-state index in [4.69, 9.17) is 33.2 Å². The van der Waals surface area contributed by atoms with E-state index >= 15 is 0 Å². The average molecular weight is 323 g/mol. The Balaban J connectivity index is 1.97. The molecule has 0 bridgehead atoms. The minimum atomic E-state index is -0.436. The normalized spacial score (nSPS) is 9.76. The third-order valence-corrected chi connectivity index (χ3v) is 2.71. The summed E-state index contributed by atoms with van der Waals surface area (Å²) in [6.07, 6.45) is 2.73. The smallest absolute Gasteiger partial charge is 0.263 e. The predicted octanol–water partition coefficient (Wildman–Crippen LogP) is 2.67. The van der Waals surface area contributed by atoms with Gasteiger partial charge in [0.05, 0.1) is 10.0 Å². The van der Waals surface area contributed by atoms with Crippen molar-refractivity contribution in [1.82, 2.24) is 9.97 Å². The molecule has 0 radical (unpaired) electrons. The van der Waals surface area contributed by atoms with Crippen LogP contribution >= 0.6 is 23.2 Å². The van der Waals surface area contributed by atoms with Crippen LogP contribution in [0.1, 0.15) is 5.69 Å². The Bertz CT molecular complexity index is 698. The van der Waals surface area contributed by atoms with Gasteiger partial charge in [0.2, 0.25) is 0 Å². The molecule has 2 aromatic rings. The number of ether oxygens (including phenoxy) is 1. The molecule has 8 heteroatoms. The van der Waals surface area contributed by atoms with Gasteiger partial charge in [-0.15, -0.1) is 0 Å². The number of aromatic nitrogens is 2. The van der Waals surface area contributed by atoms with Crippen molar-refractivity contribution in [3.05, 3.63) is 46.3 Å². The van der Waals surface area contributed by atoms with E-state index in [0.29, 0.717) is 15.9 Å². The third-order valence-electron chi connectivity index (χ3n) is 2.28. The van der Waals surface area contributed by atoms with Gasteiger partial charge in [0, 0.05) is 18.5 Å². The van der Waals surface area contributed by atoms with Crippen molar-refractivity contribution in [3.63, 3.8) is 0 Å². The molecular weight excluding hydrogens is 315 g/mol. The molecule has 0 unspecified atom stereocenters. The largest absolute Gasteiger partial charge is 0.481 e. The minimum absolute atomic E-state index is 0.0526. The predicted molar refractivity (Wildman–Crippen MR) is 77.3 cm³/mol. The zero-order chi connectivity index (χ0) is 15.2. The van der Waals surface area contributed by atoms with Crippen LogP contribution in [0, 0.1) is 11.3 Å². The summed E-state index contributed by atoms with van der Waals surface area (Å²) in [5, 5.41) is 12.2. The van der Waals surface area contributed by atoms with E-state index in [1.165, 1.54) is 18.5 Å². The monoisotopic (exact) mass is 322 g/mol. The van der Waals surface area contributed by atoms with E-state index in [0.717, 1.165) is 0 Å². The van der Waals surface area contributed by atoms with Gasteiger partial charge in [-0.3, -0.25) is 4.79 Å². The first kappa shape index (κ1) is 15.0. The fraction of sp³-hybridized carbons (Fsp3) is 0.0769. The fourth-order valence-corrected chi connectivity index (χ4v) is 1.65. The molecule has 1 amide bonds. The molecule has 0 spiro atoms. The van der Waals surface area contributed by atoms with E-state index in [1.54, 1.807) is 12.1 Å². The number of hydrogen-bond donors (Lipinski definition) is 1. The van der Waals surface area contributed by atoms with Crippen LogP contribution in [0.3, 0.4) is 0 Å². The van der Waals surface area contributed by atoms with Crippen molar-refractivity contribution in [3.8, 4) is 11.8 Å². The van der Waals surface area contributed by atoms with Crippen LogP contribution in [0.25, 0.3) is 0 Å². The second kappa shape index (κ2) is 6.88. The summed E-state index contributed by atoms with van der Waals surface area (Å²) in [7, 11) is 0. The zero-order valence-electron chi connectivity index (χ0n) is 10.5. The number of halogens is 2. The summed E-state index contributed by atoms with van der Waals surface area (Å²) in [4.78, 5) is 19.4. The summed E-state index contributed by atoms with van der Waals surface area (Å²) < 4.78 is 5.23. The number of nitrogens with one attached hydrogen (secondary N) is 1. The zero-order valence-corrected chi connectivity index (χ0v) is 12.0. The summed E-state index contributed by atoms with van der Waals surface area (Å²) in [6.45, 7) is -0.305. The Hall–Kier alpha value is -2.36. The van der Waals surface area contributed by atoms with E-state index < -0.39 is 5.91 Å². The number of carbonyl (C=O) groups is 1. The van der Waals surface area contributed by atoms with Gasteiger partial charge in [-0.05, 0) is 12.1 Å². The lowest BCUT2D eigenvalue weighted by Crippen LogP contribution is -2.21. The van der Waals surface area contributed by atoms with Crippen LogP contribution < -0.4 is 10.1 Å². The molecule has 0 saturated heterocycles. The maximum atomic E-state index is 11.7. The van der Waals surface area contributed by atoms with Gasteiger partial charge in [-0.2, -0.15) is 5.26 Å². The number of pyridine rings is 2. The van der Waals surface area contributed by atoms with Gasteiger partial charge >= 0.3 is 0 Å². The Labute approximate surface area is 130 Å². The molecule has 21 heavy (non-hydrogen) atoms. The van der Waals surface area contributed by atoms with Crippen LogP contribution in [0.2, 0.25) is 10.0 Å². The van der Waals surface area contributed by atoms with Gasteiger partial charge in [0.25, 0.3) is 5.91 Å². The Morgan fingerprint density at radius 2 is 2.05 bits per heavy atom. The van der Waals surface area contributed by atoms with Gasteiger partial charge in [0.15, 0.2) is 18.1 Å². The standard InChI is InChI=1S/C13H8Cl2N4O2/c14-8-1-2-12(18-5-8)19-13(20)7-21-11-3-9(15)6-17-10(11)4-16/h1-3,5-6H,7H2,(H,18,19,20). The number of carbonyl (C=O) groups excluding carboxylic acids is 1. The van der Waals surface area contributed by atoms with Crippen molar-refractivity contribution in [2.75, 3.05) is 11.9 Å². The second-order valence-corrected chi connectivity index (χ2v) is 4.68. The van der Waals surface area contributed by atoms with Crippen LogP contribution in [-0.2, 0) is 4.79 Å². The summed E-state index contributed by atoms with van der Waals surface area (Å²) in [6, 6.07) is 6.42. The SMILES string of the molecule is N#Cc1ncc(Cl)cc1OCC(=O)Nc1ccc(Cl)cn1. The minimum Gasteiger partial charge on any atom is -0.481 e. The first-order valence-corrected chi connectivity index (χ1v) is 6.44. The molecule has 0 aliphatic carbocycles. The summed E-state index contributed by atoms with van der Waals surface area (Å²) in [5.74, 6) is 0.0515. The highest BCUT2D eigenvalue weighted by molar-refractivity contribution is 6.30. The second-order valence-electron chi connectivity index (χ2n) is 3.81. The van der Waals surface area contributed by atoms with E-state index in [-0.39, 0.29) is 18.1 Å². The van der Waals surface area contributed by atoms with Gasteiger partial charge in [-0.25, -0.2) is 9.97 Å². The third kappa shape index (κ3) is 4.31. The van der Waals surface area contributed by atoms with Crippen LogP contribution in [0.5, 0.6) is 5.75 Å². The number of anilines is 1. The summed E-state index contributed by atoms with van der Waals surface area (Å²) in [5.41, 5.74) is 0.0526. The quantitative estimate of drug-likeness (QED) is 0.934. The van der Waals surface area contributed by atoms with Crippen molar-refractivity contribution >= 4 is 34.9 Å². The van der Waals surface area contributed by atoms with Crippen LogP contribution in [-0.4, -0.2) is 22.5 Å². The molecule has 2 aromatic heterocycles. The lowest BCUT2D eigenvalue weighted by atomic mass is 10.3. The molecule has 2 rings (SSSR count). The van der Waals surface area contributed by atoms with E-state index in [1.807, 2.05) is 6.07 Å². The molecular formula is C13H8Cl2N4O2. The lowest BCUT2D eigenvalue weighted by Gasteiger charge is -2.08. The van der Waals surface area contributed by atoms with Crippen molar-refractivity contribution < 1.29 is 9.53 Å². The van der Waals surface area contributed by atoms with Gasteiger partial charge in [-0.1, -0.05) is 23.2 Å². The molecule has 2 heterocycles. The Morgan fingerprint density at radius 1 is 1.29 bits per heavy atom. The molecule has 0 fully saturated rings. The Kier molecular flexibility index (Phi) is 4.93. The molecule has 1 N–H and O–H groups in total. The average Bonchev–Trinajstić information content (AvgIpc) is 2.48. The topological polar surface area (TPSA) is 87.9 Å². The van der Waals surface area contributed by atoms with E-state index in [9.17, 15) is 4.79 Å². The van der Waals surface area contributed by atoms with Crippen molar-refractivity contribution in [2.45, 2.75) is 0 Å². The fourth-order valence-electron chi connectivity index (χ4n) is 1.39. The number of nitriles is 1. The molecule has 6 nitrogen and oxygen atoms in total. The molecule has 0 aliphatic heterocycles. The van der Waals surface area contributed by atoms with Gasteiger partial charge < -0.3 is 10.1 Å². The molecule has 0 aromatic carbocycles. The van der Waals surface area contributed by atoms with Crippen molar-refractivity contribution in [2.24, 2.45) is 0 Å². The van der Waals surface area contributed by atoms with Crippen LogP contribution in [0.4, 0.5) is 5.82 Å². The number of amides is 1. The van der Waals surface area contributed by atoms with Gasteiger partial charge in [0.1, 0.15) is 11.9 Å². The molecule has 106 valence electrons. The highest BCUT2D eigenvalue weighted by Gasteiger charge is 2.09. The first-order valence-electron chi connectivity index (χ1n) is 5.68. The maximum Gasteiger partial charge on any atom is 0.263 e. The maximum absolute atomic E-state index is 11.7. The highest BCUT2D eigenvalue weighted by atomic mass is 35.5. The highest BCUT2D eigenvalue weighted by Crippen LogP contribution is 2.20. The number of nitrogens with zero attached hydrogens (tertiary/aromatic N) is 3. The van der Waals surface area contributed by atoms with Crippen LogP contribution in [0.15, 0.2) is 30.6 Å². The van der Waals surface area contributed by atoms with E-state index in [2.05, 4.69) is 15.3 Å². The molecule has 0 aliphatic rings.